The molecule has 0 bridgehead atoms. The van der Waals surface area contributed by atoms with E-state index in [0.717, 1.165) is 48.0 Å². The number of nitrogens with zero attached hydrogens (tertiary/aromatic N) is 3. The smallest absolute Gasteiger partial charge is 0.283 e. The molecule has 3 aliphatic rings. The van der Waals surface area contributed by atoms with E-state index in [9.17, 15) is 4.79 Å². The van der Waals surface area contributed by atoms with Crippen molar-refractivity contribution in [3.63, 3.8) is 0 Å². The summed E-state index contributed by atoms with van der Waals surface area (Å²) >= 11 is 1.43. The number of fused-ring (bicyclic) bond motifs is 1. The molecular formula is C32H38N4O4S. The second-order valence-corrected chi connectivity index (χ2v) is 11.4. The lowest BCUT2D eigenvalue weighted by molar-refractivity contribution is -0.114. The molecule has 1 aliphatic carbocycles. The Hall–Kier alpha value is -3.59. The highest BCUT2D eigenvalue weighted by atomic mass is 32.2. The summed E-state index contributed by atoms with van der Waals surface area (Å²) in [4.78, 5) is 17.1. The minimum Gasteiger partial charge on any atom is -0.494 e. The molecule has 2 aliphatic heterocycles. The molecule has 1 amide bonds. The van der Waals surface area contributed by atoms with Gasteiger partial charge in [0.05, 0.1) is 12.2 Å². The zero-order valence-electron chi connectivity index (χ0n) is 23.6. The molecule has 2 aromatic carbocycles. The number of thioether (sulfide) groups is 1. The Morgan fingerprint density at radius 2 is 1.63 bits per heavy atom. The van der Waals surface area contributed by atoms with Gasteiger partial charge in [0.2, 0.25) is 5.17 Å². The second kappa shape index (κ2) is 14.3. The van der Waals surface area contributed by atoms with Crippen molar-refractivity contribution in [2.24, 2.45) is 16.0 Å². The number of carbonyl (C=O) groups is 1. The lowest BCUT2D eigenvalue weighted by atomic mass is 9.90. The van der Waals surface area contributed by atoms with Crippen molar-refractivity contribution in [2.75, 3.05) is 19.8 Å². The summed E-state index contributed by atoms with van der Waals surface area (Å²) in [6, 6.07) is 15.1. The van der Waals surface area contributed by atoms with E-state index in [-0.39, 0.29) is 11.4 Å². The Bertz CT molecular complexity index is 1320. The highest BCUT2D eigenvalue weighted by molar-refractivity contribution is 8.27. The van der Waals surface area contributed by atoms with Gasteiger partial charge in [0.15, 0.2) is 5.84 Å². The van der Waals surface area contributed by atoms with E-state index < -0.39 is 5.91 Å². The second-order valence-electron chi connectivity index (χ2n) is 10.4. The van der Waals surface area contributed by atoms with Crippen LogP contribution in [0.2, 0.25) is 0 Å². The fraction of sp³-hybridized carbons (Fsp3) is 0.438. The third-order valence-corrected chi connectivity index (χ3v) is 8.38. The number of aliphatic imine (C=N–C) groups is 1. The van der Waals surface area contributed by atoms with Crippen LogP contribution in [0.15, 0.2) is 64.2 Å². The summed E-state index contributed by atoms with van der Waals surface area (Å²) in [6.07, 6.45) is 12.3. The van der Waals surface area contributed by atoms with Gasteiger partial charge >= 0.3 is 0 Å². The van der Waals surface area contributed by atoms with Gasteiger partial charge in [-0.15, -0.1) is 0 Å². The number of amidine groups is 2. The molecule has 9 heteroatoms. The molecule has 0 unspecified atom stereocenters. The standard InChI is InChI=1S/C32H38N4O4S/c1-2-3-4-8-18-38-25-14-16-26(17-15-25)39-19-20-40-27-13-9-10-23(21-27)22-28-29(33)36-32(34-30(28)37)41-31(35-36)24-11-6-5-7-12-24/h9-10,13-17,21-22,24,33H,2-8,11-12,18-20H2,1H3/b28-22-,33-29?. The zero-order valence-corrected chi connectivity index (χ0v) is 24.5. The monoisotopic (exact) mass is 574 g/mol. The molecule has 5 rings (SSSR count). The maximum atomic E-state index is 12.8. The minimum absolute atomic E-state index is 0.0611. The summed E-state index contributed by atoms with van der Waals surface area (Å²) in [5, 5.41) is 16.3. The number of hydrazone groups is 1. The molecule has 0 saturated heterocycles. The van der Waals surface area contributed by atoms with Gasteiger partial charge in [-0.1, -0.05) is 57.6 Å². The van der Waals surface area contributed by atoms with Crippen molar-refractivity contribution >= 4 is 39.8 Å². The van der Waals surface area contributed by atoms with Gasteiger partial charge in [-0.3, -0.25) is 10.2 Å². The van der Waals surface area contributed by atoms with E-state index in [1.165, 1.54) is 55.3 Å². The fourth-order valence-electron chi connectivity index (χ4n) is 5.05. The van der Waals surface area contributed by atoms with Gasteiger partial charge in [-0.05, 0) is 79.1 Å². The maximum Gasteiger partial charge on any atom is 0.283 e. The topological polar surface area (TPSA) is 96.6 Å². The van der Waals surface area contributed by atoms with Gasteiger partial charge in [-0.25, -0.2) is 0 Å². The van der Waals surface area contributed by atoms with Crippen molar-refractivity contribution in [1.82, 2.24) is 5.01 Å². The molecule has 0 spiro atoms. The molecule has 8 nitrogen and oxygen atoms in total. The maximum absolute atomic E-state index is 12.8. The lowest BCUT2D eigenvalue weighted by Crippen LogP contribution is -2.35. The van der Waals surface area contributed by atoms with Crippen LogP contribution < -0.4 is 14.2 Å². The molecule has 216 valence electrons. The number of hydrogen-bond donors (Lipinski definition) is 1. The highest BCUT2D eigenvalue weighted by Crippen LogP contribution is 2.36. The third-order valence-electron chi connectivity index (χ3n) is 7.30. The molecule has 0 aromatic heterocycles. The van der Waals surface area contributed by atoms with Crippen LogP contribution >= 0.6 is 11.8 Å². The molecule has 41 heavy (non-hydrogen) atoms. The lowest BCUT2D eigenvalue weighted by Gasteiger charge is -2.20. The van der Waals surface area contributed by atoms with Gasteiger partial charge < -0.3 is 14.2 Å². The van der Waals surface area contributed by atoms with Crippen LogP contribution in [0.1, 0.15) is 70.3 Å². The van der Waals surface area contributed by atoms with Gasteiger partial charge in [0.1, 0.15) is 35.5 Å². The van der Waals surface area contributed by atoms with Crippen molar-refractivity contribution in [3.05, 3.63) is 59.7 Å². The Morgan fingerprint density at radius 1 is 0.927 bits per heavy atom. The Morgan fingerprint density at radius 3 is 2.37 bits per heavy atom. The Balaban J connectivity index is 1.12. The zero-order chi connectivity index (χ0) is 28.4. The first kappa shape index (κ1) is 28.9. The molecule has 2 heterocycles. The summed E-state index contributed by atoms with van der Waals surface area (Å²) in [5.41, 5.74) is 0.973. The predicted molar refractivity (Wildman–Crippen MR) is 165 cm³/mol. The summed E-state index contributed by atoms with van der Waals surface area (Å²) in [7, 11) is 0. The van der Waals surface area contributed by atoms with Crippen molar-refractivity contribution in [2.45, 2.75) is 64.7 Å². The molecule has 1 fully saturated rings. The molecule has 2 aromatic rings. The Labute approximate surface area is 246 Å². The van der Waals surface area contributed by atoms with Gasteiger partial charge in [0.25, 0.3) is 5.91 Å². The van der Waals surface area contributed by atoms with Crippen LogP contribution in [-0.4, -0.2) is 46.8 Å². The first-order valence-corrected chi connectivity index (χ1v) is 15.5. The Kier molecular flexibility index (Phi) is 10.1. The number of hydrogen-bond acceptors (Lipinski definition) is 7. The molecule has 1 saturated carbocycles. The van der Waals surface area contributed by atoms with Crippen molar-refractivity contribution in [1.29, 1.82) is 5.41 Å². The largest absolute Gasteiger partial charge is 0.494 e. The number of nitrogens with one attached hydrogen (secondary N) is 1. The normalized spacial score (nSPS) is 18.3. The first-order valence-electron chi connectivity index (χ1n) is 14.7. The summed E-state index contributed by atoms with van der Waals surface area (Å²) in [5.74, 6) is 2.31. The fourth-order valence-corrected chi connectivity index (χ4v) is 6.11. The number of carbonyl (C=O) groups excluding carboxylic acids is 1. The molecule has 1 N–H and O–H groups in total. The van der Waals surface area contributed by atoms with E-state index in [0.29, 0.717) is 30.0 Å². The number of unbranched alkanes of at least 4 members (excludes halogenated alkanes) is 3. The summed E-state index contributed by atoms with van der Waals surface area (Å²) in [6.45, 7) is 3.69. The molecule has 0 radical (unpaired) electrons. The van der Waals surface area contributed by atoms with Crippen molar-refractivity contribution < 1.29 is 19.0 Å². The van der Waals surface area contributed by atoms with E-state index >= 15 is 0 Å². The van der Waals surface area contributed by atoms with Crippen LogP contribution in [-0.2, 0) is 4.79 Å². The minimum atomic E-state index is -0.415. The number of amides is 1. The van der Waals surface area contributed by atoms with Crippen LogP contribution in [0.5, 0.6) is 17.2 Å². The van der Waals surface area contributed by atoms with E-state index in [2.05, 4.69) is 17.0 Å². The third kappa shape index (κ3) is 7.79. The van der Waals surface area contributed by atoms with Crippen LogP contribution in [0.4, 0.5) is 0 Å². The summed E-state index contributed by atoms with van der Waals surface area (Å²) < 4.78 is 17.5. The number of ether oxygens (including phenoxy) is 3. The average Bonchev–Trinajstić information content (AvgIpc) is 3.43. The number of rotatable bonds is 13. The predicted octanol–water partition coefficient (Wildman–Crippen LogP) is 7.30. The van der Waals surface area contributed by atoms with Crippen LogP contribution in [0.3, 0.4) is 0 Å². The van der Waals surface area contributed by atoms with Crippen LogP contribution in [0.25, 0.3) is 6.08 Å². The molecule has 0 atom stereocenters. The SMILES string of the molecule is CCCCCCOc1ccc(OCCOc2cccc(/C=C3/C(=N)N4N=C(C5CCCCC5)SC4=NC3=O)c2)cc1. The van der Waals surface area contributed by atoms with Gasteiger partial charge in [-0.2, -0.15) is 15.1 Å². The van der Waals surface area contributed by atoms with E-state index in [4.69, 9.17) is 19.6 Å². The number of benzene rings is 2. The van der Waals surface area contributed by atoms with E-state index in [1.807, 2.05) is 48.5 Å². The van der Waals surface area contributed by atoms with Gasteiger partial charge in [0, 0.05) is 5.92 Å². The quantitative estimate of drug-likeness (QED) is 0.199. The first-order chi connectivity index (χ1) is 20.1. The van der Waals surface area contributed by atoms with E-state index in [1.54, 1.807) is 6.08 Å². The van der Waals surface area contributed by atoms with Crippen LogP contribution in [0, 0.1) is 11.3 Å². The van der Waals surface area contributed by atoms with Crippen molar-refractivity contribution in [3.8, 4) is 17.2 Å². The average molecular weight is 575 g/mol. The molecular weight excluding hydrogens is 536 g/mol. The highest BCUT2D eigenvalue weighted by Gasteiger charge is 2.37.